The molecular formula is C21H30ClN5O. The van der Waals surface area contributed by atoms with Crippen LogP contribution in [0.4, 0.5) is 0 Å². The highest BCUT2D eigenvalue weighted by Crippen LogP contribution is 2.19. The zero-order valence-electron chi connectivity index (χ0n) is 17.0. The van der Waals surface area contributed by atoms with Crippen molar-refractivity contribution in [3.8, 4) is 0 Å². The number of hydrogen-bond donors (Lipinski definition) is 2. The van der Waals surface area contributed by atoms with Crippen LogP contribution in [0.15, 0.2) is 33.7 Å². The maximum absolute atomic E-state index is 6.04. The minimum Gasteiger partial charge on any atom is -0.444 e. The number of nitrogens with zero attached hydrogens (tertiary/aromatic N) is 3. The second kappa shape index (κ2) is 9.94. The van der Waals surface area contributed by atoms with Crippen LogP contribution in [-0.4, -0.2) is 42.5 Å². The van der Waals surface area contributed by atoms with Crippen LogP contribution >= 0.6 is 11.6 Å². The zero-order chi connectivity index (χ0) is 19.9. The monoisotopic (exact) mass is 403 g/mol. The fourth-order valence-corrected chi connectivity index (χ4v) is 3.65. The van der Waals surface area contributed by atoms with E-state index in [1.807, 2.05) is 32.0 Å². The second-order valence-corrected chi connectivity index (χ2v) is 7.84. The Morgan fingerprint density at radius 2 is 2.07 bits per heavy atom. The first-order valence-corrected chi connectivity index (χ1v) is 10.3. The van der Waals surface area contributed by atoms with E-state index in [9.17, 15) is 0 Å². The third kappa shape index (κ3) is 5.97. The summed E-state index contributed by atoms with van der Waals surface area (Å²) in [6.45, 7) is 8.54. The van der Waals surface area contributed by atoms with Gasteiger partial charge in [-0.15, -0.1) is 0 Å². The number of aromatic nitrogens is 1. The van der Waals surface area contributed by atoms with E-state index in [4.69, 9.17) is 16.0 Å². The van der Waals surface area contributed by atoms with E-state index >= 15 is 0 Å². The first kappa shape index (κ1) is 20.7. The molecule has 0 unspecified atom stereocenters. The number of aliphatic imine (C=N–C) groups is 1. The topological polar surface area (TPSA) is 65.7 Å². The Morgan fingerprint density at radius 1 is 1.29 bits per heavy atom. The second-order valence-electron chi connectivity index (χ2n) is 7.41. The van der Waals surface area contributed by atoms with Gasteiger partial charge >= 0.3 is 0 Å². The largest absolute Gasteiger partial charge is 0.444 e. The van der Waals surface area contributed by atoms with Gasteiger partial charge in [-0.3, -0.25) is 9.89 Å². The summed E-state index contributed by atoms with van der Waals surface area (Å²) in [5.41, 5.74) is 2.13. The van der Waals surface area contributed by atoms with Crippen molar-refractivity contribution in [1.82, 2.24) is 20.5 Å². The summed E-state index contributed by atoms with van der Waals surface area (Å²) in [5.74, 6) is 3.23. The molecule has 0 bridgehead atoms. The van der Waals surface area contributed by atoms with E-state index in [1.54, 1.807) is 7.05 Å². The van der Waals surface area contributed by atoms with Crippen molar-refractivity contribution in [3.63, 3.8) is 0 Å². The van der Waals surface area contributed by atoms with Gasteiger partial charge in [0, 0.05) is 25.2 Å². The number of hydrogen-bond acceptors (Lipinski definition) is 4. The van der Waals surface area contributed by atoms with Crippen molar-refractivity contribution < 1.29 is 4.42 Å². The average Bonchev–Trinajstić information content (AvgIpc) is 3.00. The Labute approximate surface area is 172 Å². The van der Waals surface area contributed by atoms with Gasteiger partial charge in [0.25, 0.3) is 0 Å². The molecule has 1 fully saturated rings. The van der Waals surface area contributed by atoms with Crippen LogP contribution < -0.4 is 10.6 Å². The quantitative estimate of drug-likeness (QED) is 0.570. The number of aryl methyl sites for hydroxylation is 2. The summed E-state index contributed by atoms with van der Waals surface area (Å²) in [6, 6.07) is 7.87. The lowest BCUT2D eigenvalue weighted by molar-refractivity contribution is 0.164. The molecule has 28 heavy (non-hydrogen) atoms. The zero-order valence-corrected chi connectivity index (χ0v) is 17.7. The summed E-state index contributed by atoms with van der Waals surface area (Å²) < 4.78 is 5.71. The first-order valence-electron chi connectivity index (χ1n) is 9.87. The van der Waals surface area contributed by atoms with Crippen LogP contribution in [-0.2, 0) is 13.1 Å². The van der Waals surface area contributed by atoms with Gasteiger partial charge in [0.05, 0.1) is 12.2 Å². The van der Waals surface area contributed by atoms with E-state index in [0.717, 1.165) is 72.9 Å². The molecule has 0 spiro atoms. The molecule has 0 amide bonds. The normalized spacial score (nSPS) is 16.4. The predicted octanol–water partition coefficient (Wildman–Crippen LogP) is 3.52. The molecule has 6 nitrogen and oxygen atoms in total. The lowest BCUT2D eigenvalue weighted by atomic mass is 9.97. The highest BCUT2D eigenvalue weighted by atomic mass is 35.5. The molecule has 0 atom stereocenters. The molecule has 1 aromatic heterocycles. The van der Waals surface area contributed by atoms with Gasteiger partial charge < -0.3 is 15.1 Å². The van der Waals surface area contributed by atoms with Crippen LogP contribution in [0.3, 0.4) is 0 Å². The molecule has 2 heterocycles. The summed E-state index contributed by atoms with van der Waals surface area (Å²) in [5, 5.41) is 7.56. The van der Waals surface area contributed by atoms with Crippen LogP contribution in [0.5, 0.6) is 0 Å². The maximum atomic E-state index is 6.04. The molecule has 2 N–H and O–H groups in total. The van der Waals surface area contributed by atoms with Crippen molar-refractivity contribution in [2.75, 3.05) is 26.7 Å². The number of piperidine rings is 1. The molecule has 7 heteroatoms. The van der Waals surface area contributed by atoms with Gasteiger partial charge in [-0.05, 0) is 63.4 Å². The van der Waals surface area contributed by atoms with Crippen molar-refractivity contribution in [1.29, 1.82) is 0 Å². The Hall–Kier alpha value is -2.05. The maximum Gasteiger partial charge on any atom is 0.208 e. The van der Waals surface area contributed by atoms with Crippen molar-refractivity contribution in [3.05, 3.63) is 52.2 Å². The van der Waals surface area contributed by atoms with Crippen molar-refractivity contribution in [2.45, 2.75) is 39.8 Å². The molecule has 0 aliphatic carbocycles. The smallest absolute Gasteiger partial charge is 0.208 e. The molecule has 1 aliphatic rings. The van der Waals surface area contributed by atoms with E-state index < -0.39 is 0 Å². The van der Waals surface area contributed by atoms with Crippen molar-refractivity contribution >= 4 is 17.6 Å². The molecular weight excluding hydrogens is 374 g/mol. The number of oxazole rings is 1. The highest BCUT2D eigenvalue weighted by Gasteiger charge is 2.21. The van der Waals surface area contributed by atoms with Gasteiger partial charge in [0.2, 0.25) is 5.89 Å². The Kier molecular flexibility index (Phi) is 7.34. The third-order valence-corrected chi connectivity index (χ3v) is 5.50. The van der Waals surface area contributed by atoms with Gasteiger partial charge in [0.1, 0.15) is 5.76 Å². The summed E-state index contributed by atoms with van der Waals surface area (Å²) >= 11 is 6.04. The number of nitrogens with one attached hydrogen (secondary N) is 2. The minimum atomic E-state index is 0.647. The van der Waals surface area contributed by atoms with Gasteiger partial charge in [-0.2, -0.15) is 0 Å². The van der Waals surface area contributed by atoms with Crippen molar-refractivity contribution in [2.24, 2.45) is 10.9 Å². The Morgan fingerprint density at radius 3 is 2.71 bits per heavy atom. The molecule has 152 valence electrons. The highest BCUT2D eigenvalue weighted by molar-refractivity contribution is 6.30. The molecule has 1 saturated heterocycles. The summed E-state index contributed by atoms with van der Waals surface area (Å²) in [4.78, 5) is 11.2. The fraction of sp³-hybridized carbons (Fsp3) is 0.524. The van der Waals surface area contributed by atoms with E-state index in [0.29, 0.717) is 12.5 Å². The lowest BCUT2D eigenvalue weighted by Gasteiger charge is -2.31. The van der Waals surface area contributed by atoms with Crippen LogP contribution in [0, 0.1) is 19.8 Å². The fourth-order valence-electron chi connectivity index (χ4n) is 3.44. The number of benzene rings is 1. The number of halogens is 1. The van der Waals surface area contributed by atoms with Gasteiger partial charge in [-0.25, -0.2) is 4.98 Å². The molecule has 0 saturated carbocycles. The SMILES string of the molecule is CN=C(NCc1cccc(Cl)c1)NCC1CCN(Cc2nc(C)c(C)o2)CC1. The number of guanidine groups is 1. The Bertz CT molecular complexity index is 776. The summed E-state index contributed by atoms with van der Waals surface area (Å²) in [7, 11) is 1.80. The van der Waals surface area contributed by atoms with Gasteiger partial charge in [-0.1, -0.05) is 23.7 Å². The third-order valence-electron chi connectivity index (χ3n) is 5.27. The van der Waals surface area contributed by atoms with E-state index in [1.165, 1.54) is 0 Å². The molecule has 2 aromatic rings. The molecule has 3 rings (SSSR count). The molecule has 1 aromatic carbocycles. The van der Waals surface area contributed by atoms with Gasteiger partial charge in [0.15, 0.2) is 5.96 Å². The number of rotatable bonds is 6. The molecule has 1 aliphatic heterocycles. The standard InChI is InChI=1S/C21H30ClN5O/c1-15-16(2)28-20(26-15)14-27-9-7-17(8-10-27)12-24-21(23-3)25-13-18-5-4-6-19(22)11-18/h4-6,11,17H,7-10,12-14H2,1-3H3,(H2,23,24,25). The van der Waals surface area contributed by atoms with E-state index in [2.05, 4.69) is 31.6 Å². The number of likely N-dealkylation sites (tertiary alicyclic amines) is 1. The molecule has 0 radical (unpaired) electrons. The van der Waals surface area contributed by atoms with Crippen LogP contribution in [0.1, 0.15) is 35.7 Å². The Balaban J connectivity index is 1.38. The first-order chi connectivity index (χ1) is 13.5. The minimum absolute atomic E-state index is 0.647. The van der Waals surface area contributed by atoms with Crippen LogP contribution in [0.2, 0.25) is 5.02 Å². The predicted molar refractivity (Wildman–Crippen MR) is 114 cm³/mol. The van der Waals surface area contributed by atoms with Crippen LogP contribution in [0.25, 0.3) is 0 Å². The lowest BCUT2D eigenvalue weighted by Crippen LogP contribution is -2.42. The summed E-state index contributed by atoms with van der Waals surface area (Å²) in [6.07, 6.45) is 2.33. The van der Waals surface area contributed by atoms with E-state index in [-0.39, 0.29) is 0 Å². The average molecular weight is 404 g/mol.